The maximum Gasteiger partial charge on any atom is 0.236 e. The molecule has 136 valence electrons. The molecule has 0 fully saturated rings. The molecule has 1 amide bonds. The summed E-state index contributed by atoms with van der Waals surface area (Å²) >= 11 is 0. The van der Waals surface area contributed by atoms with Crippen LogP contribution in [0.1, 0.15) is 64.3 Å². The topological polar surface area (TPSA) is 68.2 Å². The second kappa shape index (κ2) is 8.12. The van der Waals surface area contributed by atoms with Crippen molar-refractivity contribution >= 4 is 5.91 Å². The van der Waals surface area contributed by atoms with E-state index in [0.717, 1.165) is 25.7 Å². The number of nitrogens with one attached hydrogen (secondary N) is 2. The second-order valence-corrected chi connectivity index (χ2v) is 7.60. The standard InChI is InChI=1S/C18H32N4O2/c1-13(17(23)19-10-7-11-24-5)21-15-8-6-9-16-14(15)12-20-22(16)18(2,3)4/h12-13,15,21H,6-11H2,1-5H3,(H,19,23)/t13-,15-/m1/s1. The van der Waals surface area contributed by atoms with Gasteiger partial charge in [0.15, 0.2) is 0 Å². The van der Waals surface area contributed by atoms with E-state index in [1.807, 2.05) is 13.1 Å². The maximum absolute atomic E-state index is 12.2. The number of hydrogen-bond donors (Lipinski definition) is 2. The van der Waals surface area contributed by atoms with Crippen molar-refractivity contribution in [1.82, 2.24) is 20.4 Å². The van der Waals surface area contributed by atoms with E-state index in [9.17, 15) is 4.79 Å². The number of carbonyl (C=O) groups is 1. The van der Waals surface area contributed by atoms with Gasteiger partial charge in [-0.15, -0.1) is 0 Å². The Morgan fingerprint density at radius 2 is 2.25 bits per heavy atom. The van der Waals surface area contributed by atoms with Crippen LogP contribution in [-0.2, 0) is 21.5 Å². The summed E-state index contributed by atoms with van der Waals surface area (Å²) in [5.41, 5.74) is 2.54. The van der Waals surface area contributed by atoms with Gasteiger partial charge in [-0.05, 0) is 53.4 Å². The molecule has 0 radical (unpaired) electrons. The van der Waals surface area contributed by atoms with Crippen molar-refractivity contribution in [2.75, 3.05) is 20.3 Å². The predicted octanol–water partition coefficient (Wildman–Crippen LogP) is 2.15. The lowest BCUT2D eigenvalue weighted by Gasteiger charge is -2.29. The zero-order valence-electron chi connectivity index (χ0n) is 15.7. The van der Waals surface area contributed by atoms with Gasteiger partial charge in [0, 0.05) is 37.6 Å². The molecule has 2 atom stereocenters. The average molecular weight is 336 g/mol. The normalized spacial score (nSPS) is 19.0. The summed E-state index contributed by atoms with van der Waals surface area (Å²) in [7, 11) is 1.67. The van der Waals surface area contributed by atoms with E-state index in [0.29, 0.717) is 13.2 Å². The lowest BCUT2D eigenvalue weighted by molar-refractivity contribution is -0.123. The Balaban J connectivity index is 1.97. The highest BCUT2D eigenvalue weighted by Crippen LogP contribution is 2.32. The third-order valence-corrected chi connectivity index (χ3v) is 4.49. The molecule has 0 saturated heterocycles. The minimum Gasteiger partial charge on any atom is -0.385 e. The number of rotatable bonds is 7. The quantitative estimate of drug-likeness (QED) is 0.749. The Morgan fingerprint density at radius 1 is 1.50 bits per heavy atom. The van der Waals surface area contributed by atoms with Crippen LogP contribution in [0.5, 0.6) is 0 Å². The monoisotopic (exact) mass is 336 g/mol. The first kappa shape index (κ1) is 18.9. The number of aromatic nitrogens is 2. The van der Waals surface area contributed by atoms with Gasteiger partial charge in [-0.25, -0.2) is 0 Å². The molecule has 1 aromatic rings. The third kappa shape index (κ3) is 4.57. The van der Waals surface area contributed by atoms with E-state index < -0.39 is 0 Å². The number of ether oxygens (including phenoxy) is 1. The SMILES string of the molecule is COCCCNC(=O)[C@@H](C)N[C@@H]1CCCc2c1cnn2C(C)(C)C. The summed E-state index contributed by atoms with van der Waals surface area (Å²) < 4.78 is 7.13. The first-order chi connectivity index (χ1) is 11.3. The molecule has 6 nitrogen and oxygen atoms in total. The fraction of sp³-hybridized carbons (Fsp3) is 0.778. The highest BCUT2D eigenvalue weighted by Gasteiger charge is 2.29. The van der Waals surface area contributed by atoms with Crippen molar-refractivity contribution in [2.24, 2.45) is 0 Å². The van der Waals surface area contributed by atoms with Crippen LogP contribution in [0.3, 0.4) is 0 Å². The fourth-order valence-corrected chi connectivity index (χ4v) is 3.27. The van der Waals surface area contributed by atoms with Crippen LogP contribution >= 0.6 is 0 Å². The molecule has 1 aliphatic rings. The highest BCUT2D eigenvalue weighted by atomic mass is 16.5. The van der Waals surface area contributed by atoms with Crippen LogP contribution < -0.4 is 10.6 Å². The molecule has 0 unspecified atom stereocenters. The van der Waals surface area contributed by atoms with Gasteiger partial charge < -0.3 is 10.1 Å². The van der Waals surface area contributed by atoms with Crippen molar-refractivity contribution in [3.63, 3.8) is 0 Å². The summed E-state index contributed by atoms with van der Waals surface area (Å²) in [6, 6.07) is -0.0222. The van der Waals surface area contributed by atoms with E-state index in [4.69, 9.17) is 4.74 Å². The molecular weight excluding hydrogens is 304 g/mol. The molecule has 1 aliphatic carbocycles. The number of methoxy groups -OCH3 is 1. The van der Waals surface area contributed by atoms with Crippen molar-refractivity contribution in [1.29, 1.82) is 0 Å². The van der Waals surface area contributed by atoms with Crippen LogP contribution in [0, 0.1) is 0 Å². The van der Waals surface area contributed by atoms with E-state index in [1.54, 1.807) is 7.11 Å². The molecule has 0 spiro atoms. The summed E-state index contributed by atoms with van der Waals surface area (Å²) in [6.45, 7) is 9.76. The molecule has 1 aromatic heterocycles. The van der Waals surface area contributed by atoms with Crippen LogP contribution in [0.2, 0.25) is 0 Å². The first-order valence-corrected chi connectivity index (χ1v) is 8.94. The molecule has 2 rings (SSSR count). The van der Waals surface area contributed by atoms with Gasteiger partial charge in [-0.1, -0.05) is 0 Å². The smallest absolute Gasteiger partial charge is 0.236 e. The second-order valence-electron chi connectivity index (χ2n) is 7.60. The largest absolute Gasteiger partial charge is 0.385 e. The maximum atomic E-state index is 12.2. The Kier molecular flexibility index (Phi) is 6.40. The van der Waals surface area contributed by atoms with E-state index in [1.165, 1.54) is 11.3 Å². The Hall–Kier alpha value is -1.40. The van der Waals surface area contributed by atoms with Gasteiger partial charge in [-0.3, -0.25) is 14.8 Å². The lowest BCUT2D eigenvalue weighted by atomic mass is 9.91. The van der Waals surface area contributed by atoms with Crippen molar-refractivity contribution in [2.45, 2.75) is 71.0 Å². The molecule has 24 heavy (non-hydrogen) atoms. The van der Waals surface area contributed by atoms with Gasteiger partial charge in [0.1, 0.15) is 0 Å². The molecule has 1 heterocycles. The van der Waals surface area contributed by atoms with Crippen molar-refractivity contribution in [3.8, 4) is 0 Å². The average Bonchev–Trinajstić information content (AvgIpc) is 2.96. The van der Waals surface area contributed by atoms with Gasteiger partial charge in [0.25, 0.3) is 0 Å². The predicted molar refractivity (Wildman–Crippen MR) is 95.0 cm³/mol. The number of fused-ring (bicyclic) bond motifs is 1. The number of carbonyl (C=O) groups excluding carboxylic acids is 1. The van der Waals surface area contributed by atoms with Crippen LogP contribution in [0.4, 0.5) is 0 Å². The molecule has 0 bridgehead atoms. The van der Waals surface area contributed by atoms with Crippen LogP contribution in [0.15, 0.2) is 6.20 Å². The summed E-state index contributed by atoms with van der Waals surface area (Å²) in [4.78, 5) is 12.2. The Labute approximate surface area is 145 Å². The summed E-state index contributed by atoms with van der Waals surface area (Å²) in [5.74, 6) is 0.0430. The van der Waals surface area contributed by atoms with Gasteiger partial charge in [0.05, 0.1) is 17.8 Å². The lowest BCUT2D eigenvalue weighted by Crippen LogP contribution is -2.44. The van der Waals surface area contributed by atoms with Crippen molar-refractivity contribution < 1.29 is 9.53 Å². The third-order valence-electron chi connectivity index (χ3n) is 4.49. The van der Waals surface area contributed by atoms with Gasteiger partial charge >= 0.3 is 0 Å². The Bertz CT molecular complexity index is 548. The molecule has 0 aliphatic heterocycles. The molecule has 2 N–H and O–H groups in total. The fourth-order valence-electron chi connectivity index (χ4n) is 3.27. The Morgan fingerprint density at radius 3 is 2.92 bits per heavy atom. The first-order valence-electron chi connectivity index (χ1n) is 8.94. The summed E-state index contributed by atoms with van der Waals surface area (Å²) in [6.07, 6.45) is 6.03. The minimum atomic E-state index is -0.221. The van der Waals surface area contributed by atoms with Crippen LogP contribution in [-0.4, -0.2) is 42.0 Å². The zero-order valence-corrected chi connectivity index (χ0v) is 15.7. The minimum absolute atomic E-state index is 0.0141. The molecular formula is C18H32N4O2. The number of nitrogens with zero attached hydrogens (tertiary/aromatic N) is 2. The van der Waals surface area contributed by atoms with Crippen LogP contribution in [0.25, 0.3) is 0 Å². The van der Waals surface area contributed by atoms with Gasteiger partial charge in [-0.2, -0.15) is 5.10 Å². The molecule has 6 heteroatoms. The van der Waals surface area contributed by atoms with Crippen molar-refractivity contribution in [3.05, 3.63) is 17.5 Å². The summed E-state index contributed by atoms with van der Waals surface area (Å²) in [5, 5.41) is 11.0. The van der Waals surface area contributed by atoms with E-state index in [2.05, 4.69) is 41.2 Å². The highest BCUT2D eigenvalue weighted by molar-refractivity contribution is 5.81. The molecule has 0 saturated carbocycles. The molecule has 0 aromatic carbocycles. The number of hydrogen-bond acceptors (Lipinski definition) is 4. The van der Waals surface area contributed by atoms with Gasteiger partial charge in [0.2, 0.25) is 5.91 Å². The van der Waals surface area contributed by atoms with E-state index in [-0.39, 0.29) is 23.5 Å². The van der Waals surface area contributed by atoms with E-state index >= 15 is 0 Å². The number of amides is 1. The zero-order chi connectivity index (χ0) is 17.7.